The van der Waals surface area contributed by atoms with Crippen LogP contribution in [0.4, 0.5) is 4.79 Å². The van der Waals surface area contributed by atoms with Gasteiger partial charge in [-0.15, -0.1) is 0 Å². The van der Waals surface area contributed by atoms with Gasteiger partial charge in [-0.1, -0.05) is 6.92 Å². The number of imide groups is 1. The van der Waals surface area contributed by atoms with Crippen LogP contribution in [-0.4, -0.2) is 23.8 Å². The molecule has 0 fully saturated rings. The van der Waals surface area contributed by atoms with E-state index in [-0.39, 0.29) is 18.4 Å². The molecule has 3 amide bonds. The van der Waals surface area contributed by atoms with Gasteiger partial charge >= 0.3 is 6.03 Å². The van der Waals surface area contributed by atoms with E-state index >= 15 is 0 Å². The van der Waals surface area contributed by atoms with Crippen molar-refractivity contribution in [2.75, 3.05) is 0 Å². The first-order valence-electron chi connectivity index (χ1n) is 6.52. The molecule has 108 valence electrons. The van der Waals surface area contributed by atoms with Gasteiger partial charge in [0.2, 0.25) is 6.54 Å². The van der Waals surface area contributed by atoms with Gasteiger partial charge in [0.1, 0.15) is 0 Å². The minimum atomic E-state index is -0.507. The minimum absolute atomic E-state index is 0.0106. The zero-order valence-electron chi connectivity index (χ0n) is 12.0. The highest BCUT2D eigenvalue weighted by Gasteiger charge is 2.15. The highest BCUT2D eigenvalue weighted by molar-refractivity contribution is 5.94. The van der Waals surface area contributed by atoms with E-state index in [2.05, 4.69) is 10.6 Å². The van der Waals surface area contributed by atoms with Crippen LogP contribution in [0.15, 0.2) is 24.5 Å². The molecule has 0 spiro atoms. The quantitative estimate of drug-likeness (QED) is 0.617. The fourth-order valence-electron chi connectivity index (χ4n) is 1.52. The second-order valence-corrected chi connectivity index (χ2v) is 4.65. The molecule has 0 bridgehead atoms. The van der Waals surface area contributed by atoms with Crippen LogP contribution < -0.4 is 15.2 Å². The summed E-state index contributed by atoms with van der Waals surface area (Å²) in [6.45, 7) is 5.24. The Morgan fingerprint density at radius 2 is 2.05 bits per heavy atom. The van der Waals surface area contributed by atoms with E-state index in [1.54, 1.807) is 29.1 Å². The van der Waals surface area contributed by atoms with E-state index in [4.69, 9.17) is 0 Å². The normalized spacial score (nSPS) is 11.6. The number of carbonyl (C=O) groups is 3. The molecule has 6 nitrogen and oxygen atoms in total. The number of ketones is 1. The summed E-state index contributed by atoms with van der Waals surface area (Å²) in [5.74, 6) is -0.509. The molecule has 0 aromatic carbocycles. The minimum Gasteiger partial charge on any atom is -0.335 e. The van der Waals surface area contributed by atoms with Gasteiger partial charge in [0, 0.05) is 12.1 Å². The molecular weight excluding hydrogens is 258 g/mol. The van der Waals surface area contributed by atoms with Gasteiger partial charge in [-0.2, -0.15) is 4.57 Å². The fourth-order valence-corrected chi connectivity index (χ4v) is 1.52. The third-order valence-electron chi connectivity index (χ3n) is 2.83. The molecule has 0 unspecified atom stereocenters. The van der Waals surface area contributed by atoms with Crippen molar-refractivity contribution in [3.05, 3.63) is 30.1 Å². The lowest BCUT2D eigenvalue weighted by molar-refractivity contribution is -0.684. The van der Waals surface area contributed by atoms with Crippen LogP contribution >= 0.6 is 0 Å². The van der Waals surface area contributed by atoms with E-state index in [0.717, 1.165) is 6.42 Å². The largest absolute Gasteiger partial charge is 0.335 e. The van der Waals surface area contributed by atoms with Crippen LogP contribution in [0.2, 0.25) is 0 Å². The molecule has 20 heavy (non-hydrogen) atoms. The molecular formula is C14H20N3O3+. The summed E-state index contributed by atoms with van der Waals surface area (Å²) in [5.41, 5.74) is 0.518. The maximum atomic E-state index is 11.7. The number of Topliss-reactive ketones (excluding diaryl/α,β-unsaturated/α-hetero) is 1. The predicted octanol–water partition coefficient (Wildman–Crippen LogP) is 0.801. The van der Waals surface area contributed by atoms with Crippen LogP contribution in [0.1, 0.15) is 37.6 Å². The van der Waals surface area contributed by atoms with Gasteiger partial charge in [0.25, 0.3) is 5.91 Å². The summed E-state index contributed by atoms with van der Waals surface area (Å²) in [5, 5.41) is 4.89. The van der Waals surface area contributed by atoms with Crippen molar-refractivity contribution in [3.8, 4) is 0 Å². The molecule has 1 heterocycles. The number of amides is 3. The summed E-state index contributed by atoms with van der Waals surface area (Å²) >= 11 is 0. The van der Waals surface area contributed by atoms with Crippen LogP contribution in [0.5, 0.6) is 0 Å². The third-order valence-corrected chi connectivity index (χ3v) is 2.83. The van der Waals surface area contributed by atoms with E-state index in [0.29, 0.717) is 5.56 Å². The van der Waals surface area contributed by atoms with Gasteiger partial charge in [-0.25, -0.2) is 4.79 Å². The maximum absolute atomic E-state index is 11.7. The van der Waals surface area contributed by atoms with Gasteiger partial charge in [-0.3, -0.25) is 14.9 Å². The molecule has 0 aliphatic heterocycles. The first-order chi connectivity index (χ1) is 9.42. The topological polar surface area (TPSA) is 79.2 Å². The van der Waals surface area contributed by atoms with Crippen molar-refractivity contribution in [2.45, 2.75) is 39.8 Å². The lowest BCUT2D eigenvalue weighted by atomic mass is 10.2. The highest BCUT2D eigenvalue weighted by Crippen LogP contribution is 1.94. The average Bonchev–Trinajstić information content (AvgIpc) is 2.38. The van der Waals surface area contributed by atoms with Crippen LogP contribution in [0.3, 0.4) is 0 Å². The molecule has 1 rings (SSSR count). The number of pyridine rings is 1. The Kier molecular flexibility index (Phi) is 5.83. The second kappa shape index (κ2) is 7.37. The Hall–Kier alpha value is -2.24. The van der Waals surface area contributed by atoms with E-state index < -0.39 is 11.9 Å². The Bertz CT molecular complexity index is 514. The zero-order chi connectivity index (χ0) is 15.1. The summed E-state index contributed by atoms with van der Waals surface area (Å²) in [7, 11) is 0. The fraction of sp³-hybridized carbons (Fsp3) is 0.429. The molecule has 1 aromatic heterocycles. The number of urea groups is 1. The van der Waals surface area contributed by atoms with Gasteiger partial charge in [0.05, 0.1) is 5.56 Å². The molecule has 0 saturated heterocycles. The number of carbonyl (C=O) groups excluding carboxylic acids is 3. The Balaban J connectivity index is 2.56. The van der Waals surface area contributed by atoms with Crippen LogP contribution in [0, 0.1) is 0 Å². The van der Waals surface area contributed by atoms with Crippen molar-refractivity contribution in [1.29, 1.82) is 0 Å². The number of nitrogens with zero attached hydrogens (tertiary/aromatic N) is 1. The van der Waals surface area contributed by atoms with Crippen molar-refractivity contribution in [2.24, 2.45) is 0 Å². The summed E-state index contributed by atoms with van der Waals surface area (Å²) in [4.78, 5) is 34.4. The number of nitrogens with one attached hydrogen (secondary N) is 2. The number of rotatable bonds is 5. The molecule has 0 radical (unpaired) electrons. The Morgan fingerprint density at radius 1 is 1.35 bits per heavy atom. The number of aromatic nitrogens is 1. The van der Waals surface area contributed by atoms with E-state index in [9.17, 15) is 14.4 Å². The zero-order valence-corrected chi connectivity index (χ0v) is 12.0. The van der Waals surface area contributed by atoms with Crippen molar-refractivity contribution < 1.29 is 19.0 Å². The monoisotopic (exact) mass is 278 g/mol. The predicted molar refractivity (Wildman–Crippen MR) is 73.1 cm³/mol. The molecule has 0 saturated carbocycles. The van der Waals surface area contributed by atoms with E-state index in [1.807, 2.05) is 13.8 Å². The second-order valence-electron chi connectivity index (χ2n) is 4.65. The van der Waals surface area contributed by atoms with Crippen molar-refractivity contribution in [1.82, 2.24) is 10.6 Å². The van der Waals surface area contributed by atoms with Gasteiger partial charge < -0.3 is 5.32 Å². The Morgan fingerprint density at radius 3 is 2.65 bits per heavy atom. The highest BCUT2D eigenvalue weighted by atomic mass is 16.2. The summed E-state index contributed by atoms with van der Waals surface area (Å²) < 4.78 is 1.56. The molecule has 1 atom stereocenters. The van der Waals surface area contributed by atoms with E-state index in [1.165, 1.54) is 6.92 Å². The van der Waals surface area contributed by atoms with Gasteiger partial charge in [0.15, 0.2) is 18.2 Å². The molecule has 1 aromatic rings. The van der Waals surface area contributed by atoms with Gasteiger partial charge in [-0.05, 0) is 26.3 Å². The summed E-state index contributed by atoms with van der Waals surface area (Å²) in [6.07, 6.45) is 4.03. The lowest BCUT2D eigenvalue weighted by Crippen LogP contribution is -2.49. The first-order valence-corrected chi connectivity index (χ1v) is 6.52. The first kappa shape index (κ1) is 15.8. The van der Waals surface area contributed by atoms with Crippen LogP contribution in [0.25, 0.3) is 0 Å². The average molecular weight is 278 g/mol. The SMILES string of the molecule is CC[C@H](C)NC(=O)NC(=O)C[n+]1cccc(C(C)=O)c1. The summed E-state index contributed by atoms with van der Waals surface area (Å²) in [6, 6.07) is 2.86. The Labute approximate surface area is 118 Å². The van der Waals surface area contributed by atoms with Crippen LogP contribution in [-0.2, 0) is 11.3 Å². The van der Waals surface area contributed by atoms with Crippen molar-refractivity contribution in [3.63, 3.8) is 0 Å². The molecule has 2 N–H and O–H groups in total. The number of hydrogen-bond acceptors (Lipinski definition) is 3. The molecule has 0 aliphatic rings. The number of hydrogen-bond donors (Lipinski definition) is 2. The molecule has 6 heteroatoms. The maximum Gasteiger partial charge on any atom is 0.321 e. The molecule has 0 aliphatic carbocycles. The standard InChI is InChI=1S/C14H19N3O3/c1-4-10(2)15-14(20)16-13(19)9-17-7-5-6-12(8-17)11(3)18/h5-8,10H,4,9H2,1-3H3,(H-,15,16,19,20)/p+1/t10-/m0/s1. The third kappa shape index (κ3) is 5.17. The smallest absolute Gasteiger partial charge is 0.321 e. The van der Waals surface area contributed by atoms with Crippen molar-refractivity contribution >= 4 is 17.7 Å². The lowest BCUT2D eigenvalue weighted by Gasteiger charge is -2.10.